The molecule has 5 rings (SSSR count). The molecule has 2 aromatic carbocycles. The minimum absolute atomic E-state index is 0.0114. The van der Waals surface area contributed by atoms with Crippen molar-refractivity contribution in [2.45, 2.75) is 13.0 Å². The Bertz CT molecular complexity index is 1190. The molecule has 1 aliphatic rings. The van der Waals surface area contributed by atoms with E-state index in [2.05, 4.69) is 10.3 Å². The minimum Gasteiger partial charge on any atom is -0.492 e. The highest BCUT2D eigenvalue weighted by atomic mass is 16.5. The molecule has 31 heavy (non-hydrogen) atoms. The molecular formula is C25H22N4O2. The van der Waals surface area contributed by atoms with Crippen LogP contribution < -0.4 is 10.1 Å². The molecule has 0 saturated carbocycles. The number of amides is 1. The molecule has 1 atom stereocenters. The van der Waals surface area contributed by atoms with Crippen LogP contribution in [0, 0.1) is 5.92 Å². The van der Waals surface area contributed by atoms with Crippen LogP contribution >= 0.6 is 0 Å². The van der Waals surface area contributed by atoms with Crippen molar-refractivity contribution in [1.29, 1.82) is 0 Å². The van der Waals surface area contributed by atoms with E-state index in [-0.39, 0.29) is 11.8 Å². The topological polar surface area (TPSA) is 69.0 Å². The third-order valence-electron chi connectivity index (χ3n) is 5.47. The second kappa shape index (κ2) is 8.44. The quantitative estimate of drug-likeness (QED) is 0.543. The van der Waals surface area contributed by atoms with Gasteiger partial charge in [0.1, 0.15) is 12.4 Å². The lowest BCUT2D eigenvalue weighted by atomic mass is 9.96. The summed E-state index contributed by atoms with van der Waals surface area (Å²) in [6, 6.07) is 21.7. The van der Waals surface area contributed by atoms with E-state index >= 15 is 0 Å². The zero-order chi connectivity index (χ0) is 21.0. The summed E-state index contributed by atoms with van der Waals surface area (Å²) in [5.74, 6) is 0.654. The van der Waals surface area contributed by atoms with E-state index < -0.39 is 0 Å². The SMILES string of the molecule is O=C(NCc1cn(-c2ccccc2)nc1-c1ccncc1)C1COc2ccccc2C1. The number of rotatable bonds is 5. The minimum atomic E-state index is -0.205. The summed E-state index contributed by atoms with van der Waals surface area (Å²) in [4.78, 5) is 17.0. The molecule has 0 radical (unpaired) electrons. The van der Waals surface area contributed by atoms with E-state index in [0.717, 1.165) is 33.8 Å². The Morgan fingerprint density at radius 2 is 1.81 bits per heavy atom. The standard InChI is InChI=1S/C25H22N4O2/c30-25(20-14-19-6-4-5-9-23(19)31-17-20)27-15-21-16-29(22-7-2-1-3-8-22)28-24(21)18-10-12-26-13-11-18/h1-13,16,20H,14-15,17H2,(H,27,30). The average Bonchev–Trinajstić information content (AvgIpc) is 3.28. The van der Waals surface area contributed by atoms with Crippen molar-refractivity contribution in [1.82, 2.24) is 20.1 Å². The molecule has 1 N–H and O–H groups in total. The molecule has 0 fully saturated rings. The predicted octanol–water partition coefficient (Wildman–Crippen LogP) is 3.80. The van der Waals surface area contributed by atoms with Gasteiger partial charge in [-0.2, -0.15) is 5.10 Å². The molecule has 154 valence electrons. The number of benzene rings is 2. The summed E-state index contributed by atoms with van der Waals surface area (Å²) in [6.07, 6.45) is 6.15. The highest BCUT2D eigenvalue weighted by molar-refractivity contribution is 5.80. The fraction of sp³-hybridized carbons (Fsp3) is 0.160. The van der Waals surface area contributed by atoms with Crippen molar-refractivity contribution < 1.29 is 9.53 Å². The predicted molar refractivity (Wildman–Crippen MR) is 118 cm³/mol. The van der Waals surface area contributed by atoms with Crippen molar-refractivity contribution in [3.63, 3.8) is 0 Å². The maximum absolute atomic E-state index is 12.9. The van der Waals surface area contributed by atoms with E-state index in [4.69, 9.17) is 9.84 Å². The van der Waals surface area contributed by atoms with Gasteiger partial charge in [-0.1, -0.05) is 36.4 Å². The monoisotopic (exact) mass is 410 g/mol. The zero-order valence-corrected chi connectivity index (χ0v) is 16.9. The first-order chi connectivity index (χ1) is 15.3. The second-order valence-corrected chi connectivity index (χ2v) is 7.56. The average molecular weight is 410 g/mol. The second-order valence-electron chi connectivity index (χ2n) is 7.56. The van der Waals surface area contributed by atoms with Crippen LogP contribution in [0.3, 0.4) is 0 Å². The van der Waals surface area contributed by atoms with Crippen LogP contribution in [0.2, 0.25) is 0 Å². The number of hydrogen-bond acceptors (Lipinski definition) is 4. The van der Waals surface area contributed by atoms with E-state index in [1.165, 1.54) is 0 Å². The molecule has 0 bridgehead atoms. The lowest BCUT2D eigenvalue weighted by molar-refractivity contribution is -0.126. The third-order valence-corrected chi connectivity index (χ3v) is 5.47. The Morgan fingerprint density at radius 1 is 1.03 bits per heavy atom. The van der Waals surface area contributed by atoms with E-state index in [9.17, 15) is 4.79 Å². The number of aromatic nitrogens is 3. The van der Waals surface area contributed by atoms with Crippen molar-refractivity contribution >= 4 is 5.91 Å². The lowest BCUT2D eigenvalue weighted by Crippen LogP contribution is -2.37. The van der Waals surface area contributed by atoms with Crippen LogP contribution in [-0.2, 0) is 17.8 Å². The first-order valence-electron chi connectivity index (χ1n) is 10.3. The van der Waals surface area contributed by atoms with E-state index in [0.29, 0.717) is 19.6 Å². The molecule has 6 heteroatoms. The summed E-state index contributed by atoms with van der Waals surface area (Å²) >= 11 is 0. The number of carbonyl (C=O) groups is 1. The highest BCUT2D eigenvalue weighted by Crippen LogP contribution is 2.27. The zero-order valence-electron chi connectivity index (χ0n) is 16.9. The smallest absolute Gasteiger partial charge is 0.227 e. The fourth-order valence-corrected chi connectivity index (χ4v) is 3.83. The number of carbonyl (C=O) groups excluding carboxylic acids is 1. The first-order valence-corrected chi connectivity index (χ1v) is 10.3. The lowest BCUT2D eigenvalue weighted by Gasteiger charge is -2.24. The van der Waals surface area contributed by atoms with Gasteiger partial charge in [0.15, 0.2) is 0 Å². The number of pyridine rings is 1. The van der Waals surface area contributed by atoms with Crippen molar-refractivity contribution in [2.24, 2.45) is 5.92 Å². The number of nitrogens with one attached hydrogen (secondary N) is 1. The maximum atomic E-state index is 12.9. The third kappa shape index (κ3) is 4.05. The number of hydrogen-bond donors (Lipinski definition) is 1. The van der Waals surface area contributed by atoms with Crippen molar-refractivity contribution in [3.05, 3.63) is 96.4 Å². The Balaban J connectivity index is 1.36. The molecule has 1 unspecified atom stereocenters. The van der Waals surface area contributed by atoms with Crippen LogP contribution in [-0.4, -0.2) is 27.3 Å². The Morgan fingerprint density at radius 3 is 2.65 bits per heavy atom. The van der Waals surface area contributed by atoms with Gasteiger partial charge in [-0.05, 0) is 42.3 Å². The van der Waals surface area contributed by atoms with Crippen LogP contribution in [0.25, 0.3) is 16.9 Å². The summed E-state index contributed by atoms with van der Waals surface area (Å²) in [5.41, 5.74) is 4.78. The van der Waals surface area contributed by atoms with Gasteiger partial charge < -0.3 is 10.1 Å². The van der Waals surface area contributed by atoms with Gasteiger partial charge in [0.25, 0.3) is 0 Å². The summed E-state index contributed by atoms with van der Waals surface area (Å²) in [7, 11) is 0. The molecule has 0 aliphatic carbocycles. The van der Waals surface area contributed by atoms with Gasteiger partial charge in [-0.3, -0.25) is 9.78 Å². The fourth-order valence-electron chi connectivity index (χ4n) is 3.83. The molecule has 1 aliphatic heterocycles. The normalized spacial score (nSPS) is 15.0. The molecule has 4 aromatic rings. The molecule has 1 amide bonds. The van der Waals surface area contributed by atoms with Crippen LogP contribution in [0.5, 0.6) is 5.75 Å². The largest absolute Gasteiger partial charge is 0.492 e. The van der Waals surface area contributed by atoms with Gasteiger partial charge >= 0.3 is 0 Å². The van der Waals surface area contributed by atoms with Crippen molar-refractivity contribution in [2.75, 3.05) is 6.61 Å². The van der Waals surface area contributed by atoms with Crippen LogP contribution in [0.1, 0.15) is 11.1 Å². The van der Waals surface area contributed by atoms with Gasteiger partial charge in [-0.15, -0.1) is 0 Å². The molecular weight excluding hydrogens is 388 g/mol. The number of fused-ring (bicyclic) bond motifs is 1. The van der Waals surface area contributed by atoms with Gasteiger partial charge in [0.05, 0.1) is 17.3 Å². The highest BCUT2D eigenvalue weighted by Gasteiger charge is 2.26. The summed E-state index contributed by atoms with van der Waals surface area (Å²) in [5, 5.41) is 7.87. The molecule has 6 nitrogen and oxygen atoms in total. The summed E-state index contributed by atoms with van der Waals surface area (Å²) in [6.45, 7) is 0.783. The Hall–Kier alpha value is -3.93. The van der Waals surface area contributed by atoms with Crippen LogP contribution in [0.4, 0.5) is 0 Å². The van der Waals surface area contributed by atoms with Gasteiger partial charge in [0.2, 0.25) is 5.91 Å². The number of ether oxygens (including phenoxy) is 1. The number of nitrogens with zero attached hydrogens (tertiary/aromatic N) is 3. The number of para-hydroxylation sites is 2. The van der Waals surface area contributed by atoms with Gasteiger partial charge in [0, 0.05) is 36.3 Å². The molecule has 0 spiro atoms. The Kier molecular flexibility index (Phi) is 5.19. The van der Waals surface area contributed by atoms with Gasteiger partial charge in [-0.25, -0.2) is 4.68 Å². The van der Waals surface area contributed by atoms with E-state index in [1.807, 2.05) is 77.6 Å². The van der Waals surface area contributed by atoms with Crippen molar-refractivity contribution in [3.8, 4) is 22.7 Å². The molecule has 2 aromatic heterocycles. The molecule has 3 heterocycles. The summed E-state index contributed by atoms with van der Waals surface area (Å²) < 4.78 is 7.62. The maximum Gasteiger partial charge on any atom is 0.227 e. The van der Waals surface area contributed by atoms with Crippen LogP contribution in [0.15, 0.2) is 85.3 Å². The molecule has 0 saturated heterocycles. The van der Waals surface area contributed by atoms with E-state index in [1.54, 1.807) is 12.4 Å². The Labute approximate surface area is 180 Å². The first kappa shape index (κ1) is 19.1.